The number of nitrogens with zero attached hydrogens (tertiary/aromatic N) is 1. The van der Waals surface area contributed by atoms with Crippen LogP contribution in [0.3, 0.4) is 0 Å². The van der Waals surface area contributed by atoms with Crippen molar-refractivity contribution in [3.63, 3.8) is 0 Å². The Labute approximate surface area is 113 Å². The highest BCUT2D eigenvalue weighted by molar-refractivity contribution is 6.30. The largest absolute Gasteiger partial charge is 0.395 e. The minimum absolute atomic E-state index is 0.0566. The Morgan fingerprint density at radius 1 is 1.50 bits per heavy atom. The molecule has 0 fully saturated rings. The van der Waals surface area contributed by atoms with E-state index >= 15 is 0 Å². The number of anilines is 1. The van der Waals surface area contributed by atoms with Crippen LogP contribution in [0.4, 0.5) is 5.69 Å². The average molecular weight is 271 g/mol. The van der Waals surface area contributed by atoms with Crippen LogP contribution in [0.15, 0.2) is 18.2 Å². The summed E-state index contributed by atoms with van der Waals surface area (Å²) in [6, 6.07) is 5.34. The highest BCUT2D eigenvalue weighted by atomic mass is 35.5. The van der Waals surface area contributed by atoms with Crippen molar-refractivity contribution in [2.45, 2.75) is 13.8 Å². The van der Waals surface area contributed by atoms with Gasteiger partial charge in [0.05, 0.1) is 13.2 Å². The van der Waals surface area contributed by atoms with Crippen LogP contribution in [-0.2, 0) is 4.79 Å². The highest BCUT2D eigenvalue weighted by Crippen LogP contribution is 2.19. The van der Waals surface area contributed by atoms with E-state index in [1.54, 1.807) is 12.1 Å². The summed E-state index contributed by atoms with van der Waals surface area (Å²) in [5.41, 5.74) is 1.70. The van der Waals surface area contributed by atoms with Gasteiger partial charge < -0.3 is 10.4 Å². The minimum atomic E-state index is -0.0873. The Balaban J connectivity index is 2.58. The van der Waals surface area contributed by atoms with Crippen LogP contribution in [0, 0.1) is 6.92 Å². The summed E-state index contributed by atoms with van der Waals surface area (Å²) in [4.78, 5) is 13.7. The molecule has 0 aliphatic heterocycles. The molecule has 0 saturated heterocycles. The number of rotatable bonds is 6. The first kappa shape index (κ1) is 15.0. The van der Waals surface area contributed by atoms with Crippen molar-refractivity contribution in [1.29, 1.82) is 0 Å². The van der Waals surface area contributed by atoms with E-state index in [9.17, 15) is 4.79 Å². The third kappa shape index (κ3) is 4.64. The first-order valence-corrected chi connectivity index (χ1v) is 6.33. The molecular formula is C13H19ClN2O2. The third-order valence-corrected chi connectivity index (χ3v) is 2.93. The van der Waals surface area contributed by atoms with Gasteiger partial charge in [-0.25, -0.2) is 0 Å². The lowest BCUT2D eigenvalue weighted by Crippen LogP contribution is -2.35. The maximum Gasteiger partial charge on any atom is 0.238 e. The van der Waals surface area contributed by atoms with Crippen molar-refractivity contribution in [3.8, 4) is 0 Å². The van der Waals surface area contributed by atoms with Crippen LogP contribution in [0.1, 0.15) is 12.5 Å². The summed E-state index contributed by atoms with van der Waals surface area (Å²) in [5.74, 6) is -0.0873. The Morgan fingerprint density at radius 3 is 2.78 bits per heavy atom. The van der Waals surface area contributed by atoms with Gasteiger partial charge in [-0.05, 0) is 37.2 Å². The number of aliphatic hydroxyl groups is 1. The summed E-state index contributed by atoms with van der Waals surface area (Å²) < 4.78 is 0. The van der Waals surface area contributed by atoms with Crippen LogP contribution >= 0.6 is 11.6 Å². The van der Waals surface area contributed by atoms with Crippen LogP contribution in [0.2, 0.25) is 5.02 Å². The molecule has 0 spiro atoms. The van der Waals surface area contributed by atoms with Crippen LogP contribution in [0.25, 0.3) is 0 Å². The minimum Gasteiger partial charge on any atom is -0.395 e. The number of aryl methyl sites for hydroxylation is 1. The fourth-order valence-electron chi connectivity index (χ4n) is 1.65. The molecule has 0 bridgehead atoms. The van der Waals surface area contributed by atoms with Crippen LogP contribution < -0.4 is 5.32 Å². The molecule has 0 unspecified atom stereocenters. The predicted molar refractivity (Wildman–Crippen MR) is 74.0 cm³/mol. The fourth-order valence-corrected chi connectivity index (χ4v) is 1.88. The van der Waals surface area contributed by atoms with E-state index in [2.05, 4.69) is 5.32 Å². The van der Waals surface area contributed by atoms with Crippen LogP contribution in [0.5, 0.6) is 0 Å². The Hall–Kier alpha value is -1.10. The smallest absolute Gasteiger partial charge is 0.238 e. The van der Waals surface area contributed by atoms with E-state index < -0.39 is 0 Å². The number of hydrogen-bond donors (Lipinski definition) is 2. The van der Waals surface area contributed by atoms with Gasteiger partial charge in [-0.1, -0.05) is 18.5 Å². The van der Waals surface area contributed by atoms with Gasteiger partial charge in [0.15, 0.2) is 0 Å². The number of likely N-dealkylation sites (N-methyl/N-ethyl adjacent to an activating group) is 1. The van der Waals surface area contributed by atoms with Crippen molar-refractivity contribution < 1.29 is 9.90 Å². The number of amides is 1. The van der Waals surface area contributed by atoms with Gasteiger partial charge in [0.2, 0.25) is 5.91 Å². The molecule has 1 amide bonds. The number of carbonyl (C=O) groups is 1. The number of hydrogen-bond acceptors (Lipinski definition) is 3. The number of benzene rings is 1. The molecule has 0 aliphatic rings. The summed E-state index contributed by atoms with van der Waals surface area (Å²) in [5, 5.41) is 12.4. The standard InChI is InChI=1S/C13H19ClN2O2/c1-3-16(6-7-17)9-13(18)15-12-5-4-11(14)8-10(12)2/h4-5,8,17H,3,6-7,9H2,1-2H3,(H,15,18). The molecule has 4 nitrogen and oxygen atoms in total. The second kappa shape index (κ2) is 7.36. The zero-order valence-corrected chi connectivity index (χ0v) is 11.5. The van der Waals surface area contributed by atoms with Gasteiger partial charge in [0.1, 0.15) is 0 Å². The second-order valence-electron chi connectivity index (χ2n) is 4.10. The van der Waals surface area contributed by atoms with Gasteiger partial charge in [0, 0.05) is 17.3 Å². The fraction of sp³-hybridized carbons (Fsp3) is 0.462. The zero-order chi connectivity index (χ0) is 13.5. The third-order valence-electron chi connectivity index (χ3n) is 2.69. The molecule has 2 N–H and O–H groups in total. The van der Waals surface area contributed by atoms with E-state index in [1.807, 2.05) is 24.8 Å². The monoisotopic (exact) mass is 270 g/mol. The first-order chi connectivity index (χ1) is 8.56. The van der Waals surface area contributed by atoms with E-state index in [4.69, 9.17) is 16.7 Å². The molecule has 1 aromatic carbocycles. The average Bonchev–Trinajstić information content (AvgIpc) is 2.32. The van der Waals surface area contributed by atoms with E-state index in [0.29, 0.717) is 11.6 Å². The lowest BCUT2D eigenvalue weighted by Gasteiger charge is -2.18. The molecule has 0 aromatic heterocycles. The van der Waals surface area contributed by atoms with Crippen molar-refractivity contribution in [2.75, 3.05) is 31.6 Å². The quantitative estimate of drug-likeness (QED) is 0.830. The first-order valence-electron chi connectivity index (χ1n) is 5.96. The molecule has 100 valence electrons. The summed E-state index contributed by atoms with van der Waals surface area (Å²) >= 11 is 5.85. The normalized spacial score (nSPS) is 10.7. The molecule has 0 radical (unpaired) electrons. The van der Waals surface area contributed by atoms with Crippen molar-refractivity contribution in [3.05, 3.63) is 28.8 Å². The molecule has 5 heteroatoms. The van der Waals surface area contributed by atoms with E-state index in [1.165, 1.54) is 0 Å². The molecule has 0 aliphatic carbocycles. The Morgan fingerprint density at radius 2 is 2.22 bits per heavy atom. The maximum absolute atomic E-state index is 11.8. The van der Waals surface area contributed by atoms with E-state index in [0.717, 1.165) is 17.8 Å². The van der Waals surface area contributed by atoms with Gasteiger partial charge in [-0.2, -0.15) is 0 Å². The second-order valence-corrected chi connectivity index (χ2v) is 4.54. The number of carbonyl (C=O) groups excluding carboxylic acids is 1. The van der Waals surface area contributed by atoms with Gasteiger partial charge in [-0.3, -0.25) is 9.69 Å². The molecule has 0 heterocycles. The topological polar surface area (TPSA) is 52.6 Å². The lowest BCUT2D eigenvalue weighted by molar-refractivity contribution is -0.117. The number of nitrogens with one attached hydrogen (secondary N) is 1. The molecule has 1 aromatic rings. The molecule has 1 rings (SSSR count). The molecule has 0 saturated carbocycles. The van der Waals surface area contributed by atoms with Crippen molar-refractivity contribution >= 4 is 23.2 Å². The Bertz CT molecular complexity index is 410. The van der Waals surface area contributed by atoms with Crippen molar-refractivity contribution in [2.24, 2.45) is 0 Å². The molecule has 0 atom stereocenters. The van der Waals surface area contributed by atoms with Gasteiger partial charge in [0.25, 0.3) is 0 Å². The number of aliphatic hydroxyl groups excluding tert-OH is 1. The summed E-state index contributed by atoms with van der Waals surface area (Å²) in [6.45, 7) is 5.42. The maximum atomic E-state index is 11.8. The molecule has 18 heavy (non-hydrogen) atoms. The highest BCUT2D eigenvalue weighted by Gasteiger charge is 2.09. The van der Waals surface area contributed by atoms with Gasteiger partial charge in [-0.15, -0.1) is 0 Å². The lowest BCUT2D eigenvalue weighted by atomic mass is 10.2. The predicted octanol–water partition coefficient (Wildman–Crippen LogP) is 1.90. The zero-order valence-electron chi connectivity index (χ0n) is 10.7. The summed E-state index contributed by atoms with van der Waals surface area (Å²) in [6.07, 6.45) is 0. The van der Waals surface area contributed by atoms with Crippen LogP contribution in [-0.4, -0.2) is 42.2 Å². The number of halogens is 1. The summed E-state index contributed by atoms with van der Waals surface area (Å²) in [7, 11) is 0. The Kier molecular flexibility index (Phi) is 6.12. The molecular weight excluding hydrogens is 252 g/mol. The van der Waals surface area contributed by atoms with Gasteiger partial charge >= 0.3 is 0 Å². The van der Waals surface area contributed by atoms with E-state index in [-0.39, 0.29) is 19.1 Å². The van der Waals surface area contributed by atoms with Crippen molar-refractivity contribution in [1.82, 2.24) is 4.90 Å². The SMILES string of the molecule is CCN(CCO)CC(=O)Nc1ccc(Cl)cc1C.